The Morgan fingerprint density at radius 3 is 1.71 bits per heavy atom. The molecule has 0 N–H and O–H groups in total. The van der Waals surface area contributed by atoms with Crippen LogP contribution in [0.3, 0.4) is 0 Å². The van der Waals surface area contributed by atoms with Crippen molar-refractivity contribution in [2.45, 2.75) is 33.2 Å². The lowest BCUT2D eigenvalue weighted by Gasteiger charge is -2.27. The molecule has 0 amide bonds. The van der Waals surface area contributed by atoms with Crippen LogP contribution in [0.5, 0.6) is 0 Å². The van der Waals surface area contributed by atoms with Crippen LogP contribution in [0.15, 0.2) is 0 Å². The van der Waals surface area contributed by atoms with Crippen molar-refractivity contribution in [3.63, 3.8) is 0 Å². The summed E-state index contributed by atoms with van der Waals surface area (Å²) in [5, 5.41) is 0. The molecule has 0 heterocycles. The number of aldehydes is 1. The maximum absolute atomic E-state index is 10.3. The zero-order chi connectivity index (χ0) is 10.9. The van der Waals surface area contributed by atoms with Gasteiger partial charge in [-0.1, -0.05) is 0 Å². The number of hydrogen-bond donors (Lipinski definition) is 0. The fourth-order valence-electron chi connectivity index (χ4n) is 1.24. The highest BCUT2D eigenvalue weighted by Gasteiger charge is 2.39. The van der Waals surface area contributed by atoms with Crippen LogP contribution in [-0.4, -0.2) is 34.9 Å². The molecule has 0 rings (SSSR count). The topological polar surface area (TPSA) is 44.8 Å². The average Bonchev–Trinajstić information content (AvgIpc) is 2.16. The Morgan fingerprint density at radius 2 is 1.43 bits per heavy atom. The van der Waals surface area contributed by atoms with Crippen LogP contribution in [0, 0.1) is 0 Å². The molecule has 84 valence electrons. The predicted octanol–water partition coefficient (Wildman–Crippen LogP) is 1.62. The summed E-state index contributed by atoms with van der Waals surface area (Å²) in [4.78, 5) is 10.3. The third-order valence-corrected chi connectivity index (χ3v) is 4.75. The minimum Gasteiger partial charge on any atom is -0.374 e. The molecule has 0 radical (unpaired) electrons. The Balaban J connectivity index is 4.28. The van der Waals surface area contributed by atoms with E-state index in [1.165, 1.54) is 0 Å². The van der Waals surface area contributed by atoms with Crippen molar-refractivity contribution in [1.29, 1.82) is 0 Å². The van der Waals surface area contributed by atoms with E-state index in [0.717, 1.165) is 6.29 Å². The van der Waals surface area contributed by atoms with E-state index in [0.29, 0.717) is 32.3 Å². The summed E-state index contributed by atoms with van der Waals surface area (Å²) in [6.45, 7) is 7.39. The van der Waals surface area contributed by atoms with Crippen molar-refractivity contribution < 1.29 is 18.1 Å². The van der Waals surface area contributed by atoms with E-state index in [1.54, 1.807) is 0 Å². The SMILES string of the molecule is CCO[Si](CCC=O)(OCC)OCC. The minimum atomic E-state index is -2.55. The summed E-state index contributed by atoms with van der Waals surface area (Å²) in [6, 6.07) is 0.575. The zero-order valence-corrected chi connectivity index (χ0v) is 10.2. The first-order valence-electron chi connectivity index (χ1n) is 5.10. The van der Waals surface area contributed by atoms with Crippen LogP contribution in [-0.2, 0) is 18.1 Å². The van der Waals surface area contributed by atoms with Gasteiger partial charge in [0, 0.05) is 32.3 Å². The molecule has 0 aromatic carbocycles. The van der Waals surface area contributed by atoms with Gasteiger partial charge in [-0.3, -0.25) is 0 Å². The molecule has 0 atom stereocenters. The molecule has 0 aromatic rings. The van der Waals surface area contributed by atoms with Gasteiger partial charge in [-0.25, -0.2) is 0 Å². The predicted molar refractivity (Wildman–Crippen MR) is 56.1 cm³/mol. The van der Waals surface area contributed by atoms with Crippen LogP contribution in [0.2, 0.25) is 6.04 Å². The van der Waals surface area contributed by atoms with E-state index in [9.17, 15) is 4.79 Å². The maximum Gasteiger partial charge on any atom is 0.501 e. The Kier molecular flexibility index (Phi) is 7.97. The monoisotopic (exact) mass is 220 g/mol. The number of hydrogen-bond acceptors (Lipinski definition) is 4. The van der Waals surface area contributed by atoms with Crippen molar-refractivity contribution in [1.82, 2.24) is 0 Å². The zero-order valence-electron chi connectivity index (χ0n) is 9.25. The summed E-state index contributed by atoms with van der Waals surface area (Å²) >= 11 is 0. The first-order chi connectivity index (χ1) is 6.74. The van der Waals surface area contributed by atoms with Gasteiger partial charge in [0.1, 0.15) is 6.29 Å². The summed E-state index contributed by atoms with van der Waals surface area (Å²) in [7, 11) is -2.55. The second-order valence-corrected chi connectivity index (χ2v) is 5.42. The lowest BCUT2D eigenvalue weighted by molar-refractivity contribution is -0.107. The molecule has 0 saturated carbocycles. The second-order valence-electron chi connectivity index (χ2n) is 2.69. The van der Waals surface area contributed by atoms with Crippen molar-refractivity contribution >= 4 is 15.1 Å². The highest BCUT2D eigenvalue weighted by atomic mass is 28.4. The Hall–Kier alpha value is -0.233. The Morgan fingerprint density at radius 1 is 1.00 bits per heavy atom. The third-order valence-electron chi connectivity index (χ3n) is 1.66. The normalized spacial score (nSPS) is 11.6. The molecule has 14 heavy (non-hydrogen) atoms. The van der Waals surface area contributed by atoms with E-state index in [1.807, 2.05) is 20.8 Å². The van der Waals surface area contributed by atoms with E-state index in [2.05, 4.69) is 0 Å². The van der Waals surface area contributed by atoms with E-state index in [-0.39, 0.29) is 0 Å². The van der Waals surface area contributed by atoms with Crippen molar-refractivity contribution in [2.24, 2.45) is 0 Å². The minimum absolute atomic E-state index is 0.437. The van der Waals surface area contributed by atoms with Gasteiger partial charge in [0.05, 0.1) is 0 Å². The van der Waals surface area contributed by atoms with Gasteiger partial charge >= 0.3 is 8.80 Å². The van der Waals surface area contributed by atoms with Gasteiger partial charge in [-0.05, 0) is 20.8 Å². The van der Waals surface area contributed by atoms with E-state index in [4.69, 9.17) is 13.3 Å². The van der Waals surface area contributed by atoms with Gasteiger partial charge in [0.25, 0.3) is 0 Å². The van der Waals surface area contributed by atoms with Crippen LogP contribution < -0.4 is 0 Å². The molecule has 0 saturated heterocycles. The average molecular weight is 220 g/mol. The van der Waals surface area contributed by atoms with Crippen molar-refractivity contribution in [2.75, 3.05) is 19.8 Å². The quantitative estimate of drug-likeness (QED) is 0.437. The van der Waals surface area contributed by atoms with Gasteiger partial charge in [-0.15, -0.1) is 0 Å². The summed E-state index contributed by atoms with van der Waals surface area (Å²) in [6.07, 6.45) is 1.31. The number of rotatable bonds is 9. The highest BCUT2D eigenvalue weighted by Crippen LogP contribution is 2.17. The lowest BCUT2D eigenvalue weighted by atomic mass is 10.6. The molecule has 0 unspecified atom stereocenters. The first-order valence-corrected chi connectivity index (χ1v) is 7.03. The first kappa shape index (κ1) is 13.8. The van der Waals surface area contributed by atoms with E-state index >= 15 is 0 Å². The lowest BCUT2D eigenvalue weighted by Crippen LogP contribution is -2.45. The molecule has 0 aliphatic heterocycles. The molecule has 0 aromatic heterocycles. The van der Waals surface area contributed by atoms with E-state index < -0.39 is 8.80 Å². The second kappa shape index (κ2) is 8.11. The molecular weight excluding hydrogens is 200 g/mol. The summed E-state index contributed by atoms with van der Waals surface area (Å²) in [5.41, 5.74) is 0. The molecule has 0 fully saturated rings. The third kappa shape index (κ3) is 4.85. The molecule has 0 spiro atoms. The highest BCUT2D eigenvalue weighted by molar-refractivity contribution is 6.60. The fraction of sp³-hybridized carbons (Fsp3) is 0.889. The molecule has 4 nitrogen and oxygen atoms in total. The van der Waals surface area contributed by atoms with Gasteiger partial charge in [-0.2, -0.15) is 0 Å². The fourth-order valence-corrected chi connectivity index (χ4v) is 3.71. The molecule has 0 bridgehead atoms. The molecular formula is C9H20O4Si. The van der Waals surface area contributed by atoms with Gasteiger partial charge in [0.2, 0.25) is 0 Å². The number of carbonyl (C=O) groups is 1. The number of carbonyl (C=O) groups excluding carboxylic acids is 1. The molecule has 5 heteroatoms. The van der Waals surface area contributed by atoms with Crippen LogP contribution >= 0.6 is 0 Å². The smallest absolute Gasteiger partial charge is 0.374 e. The largest absolute Gasteiger partial charge is 0.501 e. The molecule has 0 aliphatic carbocycles. The maximum atomic E-state index is 10.3. The Labute approximate surface area is 86.9 Å². The standard InChI is InChI=1S/C9H20O4Si/c1-4-11-14(12-5-2,13-6-3)9-7-8-10/h8H,4-7,9H2,1-3H3. The van der Waals surface area contributed by atoms with Gasteiger partial charge in [0.15, 0.2) is 0 Å². The summed E-state index contributed by atoms with van der Waals surface area (Å²) in [5.74, 6) is 0. The van der Waals surface area contributed by atoms with Crippen LogP contribution in [0.1, 0.15) is 27.2 Å². The van der Waals surface area contributed by atoms with Gasteiger partial charge < -0.3 is 18.1 Å². The Bertz CT molecular complexity index is 135. The van der Waals surface area contributed by atoms with Crippen molar-refractivity contribution in [3.8, 4) is 0 Å². The molecule has 0 aliphatic rings. The van der Waals surface area contributed by atoms with Crippen LogP contribution in [0.4, 0.5) is 0 Å². The van der Waals surface area contributed by atoms with Crippen LogP contribution in [0.25, 0.3) is 0 Å². The van der Waals surface area contributed by atoms with Crippen molar-refractivity contribution in [3.05, 3.63) is 0 Å². The summed E-state index contributed by atoms with van der Waals surface area (Å²) < 4.78 is 16.6.